The third-order valence-corrected chi connectivity index (χ3v) is 3.62. The molecule has 1 atom stereocenters. The maximum atomic E-state index is 12.0. The van der Waals surface area contributed by atoms with Crippen molar-refractivity contribution in [1.82, 2.24) is 4.90 Å². The average Bonchev–Trinajstić information content (AvgIpc) is 2.51. The van der Waals surface area contributed by atoms with Crippen LogP contribution in [0.15, 0.2) is 22.7 Å². The van der Waals surface area contributed by atoms with Crippen molar-refractivity contribution in [3.63, 3.8) is 0 Å². The molecule has 0 aromatic heterocycles. The fourth-order valence-corrected chi connectivity index (χ4v) is 2.09. The van der Waals surface area contributed by atoms with Gasteiger partial charge in [-0.25, -0.2) is 4.79 Å². The van der Waals surface area contributed by atoms with Crippen LogP contribution in [0.5, 0.6) is 0 Å². The van der Waals surface area contributed by atoms with Crippen molar-refractivity contribution in [1.29, 1.82) is 5.26 Å². The second-order valence-corrected chi connectivity index (χ2v) is 5.49. The summed E-state index contributed by atoms with van der Waals surface area (Å²) in [5.41, 5.74) is -0.302. The number of hydrogen-bond acceptors (Lipinski definition) is 6. The molecule has 23 heavy (non-hydrogen) atoms. The highest BCUT2D eigenvalue weighted by molar-refractivity contribution is 9.10. The molecule has 0 N–H and O–H groups in total. The molecule has 0 aliphatic rings. The van der Waals surface area contributed by atoms with E-state index in [-0.39, 0.29) is 28.7 Å². The first kappa shape index (κ1) is 18.6. The van der Waals surface area contributed by atoms with Gasteiger partial charge in [0.2, 0.25) is 0 Å². The van der Waals surface area contributed by atoms with Crippen LogP contribution in [0.2, 0.25) is 0 Å². The average molecular weight is 384 g/mol. The van der Waals surface area contributed by atoms with Crippen molar-refractivity contribution >= 4 is 33.5 Å². The summed E-state index contributed by atoms with van der Waals surface area (Å²) in [6.45, 7) is 1.62. The number of benzene rings is 1. The highest BCUT2D eigenvalue weighted by Crippen LogP contribution is 2.26. The number of esters is 1. The lowest BCUT2D eigenvalue weighted by Crippen LogP contribution is -2.37. The molecule has 8 nitrogen and oxygen atoms in total. The molecule has 0 aliphatic heterocycles. The first-order valence-corrected chi connectivity index (χ1v) is 7.34. The van der Waals surface area contributed by atoms with E-state index in [0.29, 0.717) is 0 Å². The van der Waals surface area contributed by atoms with Gasteiger partial charge in [-0.1, -0.05) is 0 Å². The summed E-state index contributed by atoms with van der Waals surface area (Å²) in [5.74, 6) is -1.30. The van der Waals surface area contributed by atoms with Gasteiger partial charge in [0.1, 0.15) is 0 Å². The number of rotatable bonds is 6. The first-order chi connectivity index (χ1) is 10.8. The number of halogens is 1. The molecule has 1 aromatic carbocycles. The smallest absolute Gasteiger partial charge is 0.339 e. The minimum absolute atomic E-state index is 0.0285. The van der Waals surface area contributed by atoms with Gasteiger partial charge in [0.05, 0.1) is 27.4 Å². The van der Waals surface area contributed by atoms with Crippen LogP contribution in [-0.2, 0) is 9.53 Å². The quantitative estimate of drug-likeness (QED) is 0.422. The number of nitriles is 1. The number of carbonyl (C=O) groups is 2. The van der Waals surface area contributed by atoms with Crippen molar-refractivity contribution in [2.24, 2.45) is 0 Å². The van der Waals surface area contributed by atoms with E-state index in [9.17, 15) is 19.7 Å². The summed E-state index contributed by atoms with van der Waals surface area (Å²) in [6, 6.07) is 5.70. The van der Waals surface area contributed by atoms with Gasteiger partial charge < -0.3 is 9.64 Å². The number of nitro benzene ring substituents is 1. The van der Waals surface area contributed by atoms with Gasteiger partial charge >= 0.3 is 5.97 Å². The molecule has 9 heteroatoms. The lowest BCUT2D eigenvalue weighted by Gasteiger charge is -2.20. The van der Waals surface area contributed by atoms with Crippen molar-refractivity contribution in [2.45, 2.75) is 19.4 Å². The standard InChI is InChI=1S/C14H14BrN3O5/c1-9(13(19)17(2)7-3-6-16)23-14(20)10-4-5-11(15)12(8-10)18(21)22/h4-5,8-9H,3,7H2,1-2H3/t9-/m1/s1. The summed E-state index contributed by atoms with van der Waals surface area (Å²) in [7, 11) is 1.49. The normalized spacial score (nSPS) is 11.2. The number of ether oxygens (including phenoxy) is 1. The Balaban J connectivity index is 2.80. The van der Waals surface area contributed by atoms with Crippen molar-refractivity contribution in [3.8, 4) is 6.07 Å². The van der Waals surface area contributed by atoms with Crippen molar-refractivity contribution in [3.05, 3.63) is 38.3 Å². The number of hydrogen-bond donors (Lipinski definition) is 0. The summed E-state index contributed by atoms with van der Waals surface area (Å²) in [4.78, 5) is 35.5. The number of likely N-dealkylation sites (N-methyl/N-ethyl adjacent to an activating group) is 1. The third kappa shape index (κ3) is 5.03. The van der Waals surface area contributed by atoms with Crippen LogP contribution < -0.4 is 0 Å². The number of amides is 1. The zero-order chi connectivity index (χ0) is 17.6. The van der Waals surface area contributed by atoms with Crippen molar-refractivity contribution < 1.29 is 19.2 Å². The van der Waals surface area contributed by atoms with Crippen LogP contribution in [0.4, 0.5) is 5.69 Å². The van der Waals surface area contributed by atoms with Gasteiger partial charge in [-0.3, -0.25) is 14.9 Å². The highest BCUT2D eigenvalue weighted by atomic mass is 79.9. The molecule has 0 fully saturated rings. The van der Waals surface area contributed by atoms with E-state index in [2.05, 4.69) is 15.9 Å². The maximum absolute atomic E-state index is 12.0. The van der Waals surface area contributed by atoms with E-state index in [4.69, 9.17) is 10.00 Å². The van der Waals surface area contributed by atoms with Crippen molar-refractivity contribution in [2.75, 3.05) is 13.6 Å². The topological polar surface area (TPSA) is 114 Å². The van der Waals surface area contributed by atoms with Crippen LogP contribution in [0.3, 0.4) is 0 Å². The van der Waals surface area contributed by atoms with Crippen LogP contribution in [0, 0.1) is 21.4 Å². The minimum Gasteiger partial charge on any atom is -0.449 e. The molecular formula is C14H14BrN3O5. The van der Waals surface area contributed by atoms with Gasteiger partial charge in [0.25, 0.3) is 11.6 Å². The van der Waals surface area contributed by atoms with E-state index in [1.54, 1.807) is 0 Å². The van der Waals surface area contributed by atoms with Gasteiger partial charge in [-0.15, -0.1) is 0 Å². The highest BCUT2D eigenvalue weighted by Gasteiger charge is 2.23. The Morgan fingerprint density at radius 2 is 2.17 bits per heavy atom. The summed E-state index contributed by atoms with van der Waals surface area (Å²) in [6.07, 6.45) is -0.893. The largest absolute Gasteiger partial charge is 0.449 e. The molecule has 0 aliphatic carbocycles. The van der Waals surface area contributed by atoms with Crippen LogP contribution >= 0.6 is 15.9 Å². The third-order valence-electron chi connectivity index (χ3n) is 2.95. The number of nitro groups is 1. The lowest BCUT2D eigenvalue weighted by atomic mass is 10.2. The van der Waals surface area contributed by atoms with Crippen LogP contribution in [-0.4, -0.2) is 41.4 Å². The lowest BCUT2D eigenvalue weighted by molar-refractivity contribution is -0.385. The predicted molar refractivity (Wildman–Crippen MR) is 83.5 cm³/mol. The SMILES string of the molecule is C[C@@H](OC(=O)c1ccc(Br)c([N+](=O)[O-])c1)C(=O)N(C)CCC#N. The van der Waals surface area contributed by atoms with E-state index in [1.807, 2.05) is 6.07 Å². The summed E-state index contributed by atoms with van der Waals surface area (Å²) >= 11 is 3.02. The van der Waals surface area contributed by atoms with E-state index < -0.39 is 22.9 Å². The predicted octanol–water partition coefficient (Wildman–Crippen LogP) is 2.27. The Morgan fingerprint density at radius 1 is 1.52 bits per heavy atom. The molecular weight excluding hydrogens is 370 g/mol. The molecule has 0 radical (unpaired) electrons. The zero-order valence-electron chi connectivity index (χ0n) is 12.5. The molecule has 0 heterocycles. The number of nitrogens with zero attached hydrogens (tertiary/aromatic N) is 3. The molecule has 122 valence electrons. The summed E-state index contributed by atoms with van der Waals surface area (Å²) < 4.78 is 5.26. The Morgan fingerprint density at radius 3 is 2.74 bits per heavy atom. The molecule has 0 bridgehead atoms. The Hall–Kier alpha value is -2.47. The minimum atomic E-state index is -1.06. The molecule has 1 amide bonds. The Kier molecular flexibility index (Phi) is 6.65. The van der Waals surface area contributed by atoms with E-state index in [1.165, 1.54) is 31.0 Å². The molecule has 0 spiro atoms. The molecule has 0 saturated heterocycles. The van der Waals surface area contributed by atoms with E-state index >= 15 is 0 Å². The van der Waals surface area contributed by atoms with Gasteiger partial charge in [-0.05, 0) is 35.0 Å². The Bertz CT molecular complexity index is 671. The van der Waals surface area contributed by atoms with Crippen LogP contribution in [0.25, 0.3) is 0 Å². The fraction of sp³-hybridized carbons (Fsp3) is 0.357. The van der Waals surface area contributed by atoms with Crippen LogP contribution in [0.1, 0.15) is 23.7 Å². The zero-order valence-corrected chi connectivity index (χ0v) is 14.1. The molecule has 1 rings (SSSR count). The second-order valence-electron chi connectivity index (χ2n) is 4.64. The summed E-state index contributed by atoms with van der Waals surface area (Å²) in [5, 5.41) is 19.3. The second kappa shape index (κ2) is 8.24. The van der Waals surface area contributed by atoms with Gasteiger partial charge in [0, 0.05) is 19.7 Å². The van der Waals surface area contributed by atoms with E-state index in [0.717, 1.165) is 6.07 Å². The fourth-order valence-electron chi connectivity index (χ4n) is 1.70. The molecule has 0 unspecified atom stereocenters. The number of carbonyl (C=O) groups excluding carboxylic acids is 2. The first-order valence-electron chi connectivity index (χ1n) is 6.54. The molecule has 0 saturated carbocycles. The van der Waals surface area contributed by atoms with Gasteiger partial charge in [0.15, 0.2) is 6.10 Å². The monoisotopic (exact) mass is 383 g/mol. The maximum Gasteiger partial charge on any atom is 0.339 e. The van der Waals surface area contributed by atoms with Gasteiger partial charge in [-0.2, -0.15) is 5.26 Å². The Labute approximate surface area is 140 Å². The molecule has 1 aromatic rings.